The van der Waals surface area contributed by atoms with Crippen LogP contribution in [0.15, 0.2) is 71.3 Å². The van der Waals surface area contributed by atoms with Crippen LogP contribution in [0.3, 0.4) is 0 Å². The molecule has 4 N–H and O–H groups in total. The lowest BCUT2D eigenvalue weighted by Crippen LogP contribution is -2.54. The van der Waals surface area contributed by atoms with Gasteiger partial charge in [0.2, 0.25) is 23.7 Å². The fraction of sp³-hybridized carbons (Fsp3) is 0.349. The first-order valence-corrected chi connectivity index (χ1v) is 20.9. The van der Waals surface area contributed by atoms with Crippen LogP contribution in [0.1, 0.15) is 62.8 Å². The molecule has 19 heteroatoms. The van der Waals surface area contributed by atoms with Crippen molar-refractivity contribution in [2.75, 3.05) is 74.1 Å². The number of benzene rings is 3. The van der Waals surface area contributed by atoms with Crippen LogP contribution in [0.5, 0.6) is 5.75 Å². The lowest BCUT2D eigenvalue weighted by atomic mass is 10.0. The molecule has 62 heavy (non-hydrogen) atoms. The maximum absolute atomic E-state index is 13.3. The molecule has 1 aromatic heterocycles. The number of methoxy groups -OCH3 is 1. The smallest absolute Gasteiger partial charge is 0.264 e. The number of piperidine rings is 1. The molecular formula is C43H46BrN9O9. The predicted octanol–water partition coefficient (Wildman–Crippen LogP) is 4.03. The number of anilines is 5. The Morgan fingerprint density at radius 2 is 1.69 bits per heavy atom. The molecule has 3 aliphatic rings. The minimum absolute atomic E-state index is 0.0308. The highest BCUT2D eigenvalue weighted by Gasteiger charge is 2.45. The average Bonchev–Trinajstić information content (AvgIpc) is 3.52. The summed E-state index contributed by atoms with van der Waals surface area (Å²) in [6, 6.07) is 16.3. The van der Waals surface area contributed by atoms with Gasteiger partial charge >= 0.3 is 0 Å². The molecule has 324 valence electrons. The van der Waals surface area contributed by atoms with Crippen molar-refractivity contribution in [3.63, 3.8) is 0 Å². The van der Waals surface area contributed by atoms with Gasteiger partial charge < -0.3 is 40.0 Å². The first-order chi connectivity index (χ1) is 30.0. The molecule has 6 amide bonds. The van der Waals surface area contributed by atoms with Crippen LogP contribution in [0.2, 0.25) is 0 Å². The Kier molecular flexibility index (Phi) is 13.7. The molecule has 0 aliphatic carbocycles. The van der Waals surface area contributed by atoms with Crippen LogP contribution in [0.4, 0.5) is 28.8 Å². The molecule has 3 aliphatic heterocycles. The van der Waals surface area contributed by atoms with E-state index < -0.39 is 35.7 Å². The van der Waals surface area contributed by atoms with E-state index in [1.54, 1.807) is 48.5 Å². The highest BCUT2D eigenvalue weighted by Crippen LogP contribution is 2.37. The Morgan fingerprint density at radius 1 is 0.935 bits per heavy atom. The highest BCUT2D eigenvalue weighted by molar-refractivity contribution is 9.10. The normalized spacial score (nSPS) is 17.2. The zero-order chi connectivity index (χ0) is 43.9. The number of rotatable bonds is 18. The van der Waals surface area contributed by atoms with E-state index in [2.05, 4.69) is 42.2 Å². The van der Waals surface area contributed by atoms with Gasteiger partial charge in [-0.2, -0.15) is 4.98 Å². The number of carbonyl (C=O) groups is 6. The van der Waals surface area contributed by atoms with Crippen molar-refractivity contribution in [3.8, 4) is 5.75 Å². The fourth-order valence-corrected chi connectivity index (χ4v) is 7.77. The van der Waals surface area contributed by atoms with Crippen molar-refractivity contribution in [1.82, 2.24) is 25.5 Å². The number of nitrogens with zero attached hydrogens (tertiary/aromatic N) is 5. The molecule has 18 nitrogen and oxygen atoms in total. The van der Waals surface area contributed by atoms with Gasteiger partial charge in [-0.05, 0) is 60.9 Å². The Labute approximate surface area is 365 Å². The number of carbonyl (C=O) groups excluding carboxylic acids is 6. The van der Waals surface area contributed by atoms with Gasteiger partial charge in [0.25, 0.3) is 17.7 Å². The standard InChI is InChI=1S/C43H46BrN9O9/c1-4-31-41(58)51(2)33-23-47-43(50-37(33)52(31)24-25-8-11-27(44)12-9-25)48-29-13-10-26(22-34(29)60-3)38(55)46-17-19-62-21-20-61-18-16-45-30-7-5-6-28-36(30)42(59)53(40(28)57)32-14-15-35(54)49-39(32)56/h5-13,22-23,31-32,45H,4,14-21,24H2,1-3H3,(H,46,55)(H,47,48,50)(H,49,54,56)/t31-,32?/m1/s1. The number of hydrogen-bond donors (Lipinski definition) is 4. The quantitative estimate of drug-likeness (QED) is 0.0821. The van der Waals surface area contributed by atoms with E-state index in [4.69, 9.17) is 19.2 Å². The van der Waals surface area contributed by atoms with Crippen LogP contribution in [0, 0.1) is 0 Å². The predicted molar refractivity (Wildman–Crippen MR) is 232 cm³/mol. The first-order valence-electron chi connectivity index (χ1n) is 20.1. The molecule has 0 radical (unpaired) electrons. The van der Waals surface area contributed by atoms with E-state index in [-0.39, 0.29) is 68.8 Å². The van der Waals surface area contributed by atoms with E-state index in [1.807, 2.05) is 36.1 Å². The summed E-state index contributed by atoms with van der Waals surface area (Å²) in [5, 5.41) is 11.4. The molecular weight excluding hydrogens is 866 g/mol. The summed E-state index contributed by atoms with van der Waals surface area (Å²) in [6.45, 7) is 4.10. The fourth-order valence-electron chi connectivity index (χ4n) is 7.50. The van der Waals surface area contributed by atoms with Crippen molar-refractivity contribution in [2.24, 2.45) is 0 Å². The molecule has 4 aromatic rings. The Hall–Kier alpha value is -6.44. The van der Waals surface area contributed by atoms with Gasteiger partial charge in [-0.3, -0.25) is 39.0 Å². The third kappa shape index (κ3) is 9.39. The number of fused-ring (bicyclic) bond motifs is 2. The maximum Gasteiger partial charge on any atom is 0.264 e. The van der Waals surface area contributed by atoms with Crippen LogP contribution in [-0.2, 0) is 30.4 Å². The summed E-state index contributed by atoms with van der Waals surface area (Å²) in [5.74, 6) is -1.30. The van der Waals surface area contributed by atoms with Gasteiger partial charge in [0.15, 0.2) is 5.82 Å². The largest absolute Gasteiger partial charge is 0.495 e. The second-order valence-corrected chi connectivity index (χ2v) is 15.5. The number of amides is 6. The van der Waals surface area contributed by atoms with E-state index in [0.29, 0.717) is 59.7 Å². The molecule has 7 rings (SSSR count). The summed E-state index contributed by atoms with van der Waals surface area (Å²) < 4.78 is 17.9. The topological polar surface area (TPSA) is 214 Å². The molecule has 3 aromatic carbocycles. The van der Waals surface area contributed by atoms with Gasteiger partial charge in [-0.25, -0.2) is 4.98 Å². The highest BCUT2D eigenvalue weighted by atomic mass is 79.9. The van der Waals surface area contributed by atoms with E-state index in [0.717, 1.165) is 14.9 Å². The van der Waals surface area contributed by atoms with Crippen molar-refractivity contribution < 1.29 is 43.0 Å². The number of aromatic nitrogens is 2. The van der Waals surface area contributed by atoms with E-state index in [1.165, 1.54) is 13.2 Å². The Morgan fingerprint density at radius 3 is 2.42 bits per heavy atom. The first kappa shape index (κ1) is 43.6. The minimum Gasteiger partial charge on any atom is -0.495 e. The number of imide groups is 2. The van der Waals surface area contributed by atoms with Crippen molar-refractivity contribution >= 4 is 80.2 Å². The molecule has 1 fully saturated rings. The summed E-state index contributed by atoms with van der Waals surface area (Å²) in [6.07, 6.45) is 2.34. The third-order valence-corrected chi connectivity index (χ3v) is 11.2. The second kappa shape index (κ2) is 19.5. The Bertz CT molecular complexity index is 2380. The zero-order valence-corrected chi connectivity index (χ0v) is 36.0. The lowest BCUT2D eigenvalue weighted by Gasteiger charge is -2.40. The van der Waals surface area contributed by atoms with Gasteiger partial charge in [-0.1, -0.05) is 41.1 Å². The number of hydrogen-bond acceptors (Lipinski definition) is 14. The van der Waals surface area contributed by atoms with Gasteiger partial charge in [0, 0.05) is 48.8 Å². The van der Waals surface area contributed by atoms with E-state index >= 15 is 0 Å². The third-order valence-electron chi connectivity index (χ3n) is 10.7. The van der Waals surface area contributed by atoms with Crippen LogP contribution < -0.4 is 35.8 Å². The van der Waals surface area contributed by atoms with Crippen LogP contribution in [-0.4, -0.2) is 116 Å². The zero-order valence-electron chi connectivity index (χ0n) is 34.4. The van der Waals surface area contributed by atoms with Crippen molar-refractivity contribution in [1.29, 1.82) is 0 Å². The summed E-state index contributed by atoms with van der Waals surface area (Å²) >= 11 is 3.48. The molecule has 0 spiro atoms. The maximum atomic E-state index is 13.3. The van der Waals surface area contributed by atoms with Gasteiger partial charge in [-0.15, -0.1) is 0 Å². The molecule has 2 atom stereocenters. The van der Waals surface area contributed by atoms with Crippen molar-refractivity contribution in [2.45, 2.75) is 44.8 Å². The van der Waals surface area contributed by atoms with Gasteiger partial charge in [0.1, 0.15) is 23.5 Å². The number of likely N-dealkylation sites (N-methyl/N-ethyl adjacent to an activating group) is 1. The van der Waals surface area contributed by atoms with Crippen molar-refractivity contribution in [3.05, 3.63) is 93.6 Å². The molecule has 1 unspecified atom stereocenters. The second-order valence-electron chi connectivity index (χ2n) is 14.6. The number of halogens is 1. The van der Waals surface area contributed by atoms with Crippen LogP contribution >= 0.6 is 15.9 Å². The number of nitrogens with one attached hydrogen (secondary N) is 4. The SMILES string of the molecule is CC[C@@H]1C(=O)N(C)c2cnc(Nc3ccc(C(=O)NCCOCCOCCNc4cccc5c4C(=O)N(C4CCC(=O)NC4=O)C5=O)cc3OC)nc2N1Cc1ccc(Br)cc1. The molecule has 1 saturated heterocycles. The molecule has 0 bridgehead atoms. The summed E-state index contributed by atoms with van der Waals surface area (Å²) in [4.78, 5) is 90.5. The number of ether oxygens (including phenoxy) is 3. The molecule has 0 saturated carbocycles. The Balaban J connectivity index is 0.848. The van der Waals surface area contributed by atoms with Crippen LogP contribution in [0.25, 0.3) is 0 Å². The summed E-state index contributed by atoms with van der Waals surface area (Å²) in [7, 11) is 3.23. The molecule has 4 heterocycles. The summed E-state index contributed by atoms with van der Waals surface area (Å²) in [5.41, 5.74) is 3.35. The van der Waals surface area contributed by atoms with E-state index in [9.17, 15) is 28.8 Å². The minimum atomic E-state index is -1.04. The van der Waals surface area contributed by atoms with Gasteiger partial charge in [0.05, 0.1) is 56.5 Å². The lowest BCUT2D eigenvalue weighted by molar-refractivity contribution is -0.136. The monoisotopic (exact) mass is 911 g/mol. The average molecular weight is 913 g/mol.